The highest BCUT2D eigenvalue weighted by atomic mass is 28.3. The van der Waals surface area contributed by atoms with Crippen LogP contribution in [-0.4, -0.2) is 8.07 Å². The summed E-state index contributed by atoms with van der Waals surface area (Å²) >= 11 is 0. The Balaban J connectivity index is 2.16. The Kier molecular flexibility index (Phi) is 6.45. The summed E-state index contributed by atoms with van der Waals surface area (Å²) in [6.07, 6.45) is 18.7. The standard InChI is InChI=1S/C18H36Si/c1-3-15-19(16-4-2,17-11-7-5-8-12-17)18-13-9-6-10-14-18/h17-18H,3-16H2,1-2H3. The van der Waals surface area contributed by atoms with E-state index in [-0.39, 0.29) is 0 Å². The summed E-state index contributed by atoms with van der Waals surface area (Å²) in [6.45, 7) is 4.92. The zero-order chi connectivity index (χ0) is 13.6. The number of hydrogen-bond acceptors (Lipinski definition) is 0. The maximum Gasteiger partial charge on any atom is 0.0597 e. The van der Waals surface area contributed by atoms with Crippen molar-refractivity contribution in [2.75, 3.05) is 0 Å². The quantitative estimate of drug-likeness (QED) is 0.463. The van der Waals surface area contributed by atoms with Gasteiger partial charge in [-0.1, -0.05) is 103 Å². The molecule has 19 heavy (non-hydrogen) atoms. The van der Waals surface area contributed by atoms with Crippen LogP contribution in [0.5, 0.6) is 0 Å². The minimum atomic E-state index is -0.994. The van der Waals surface area contributed by atoms with Crippen LogP contribution in [0.15, 0.2) is 0 Å². The lowest BCUT2D eigenvalue weighted by molar-refractivity contribution is 0.446. The summed E-state index contributed by atoms with van der Waals surface area (Å²) in [7, 11) is -0.994. The average molecular weight is 281 g/mol. The molecule has 0 radical (unpaired) electrons. The molecule has 2 fully saturated rings. The van der Waals surface area contributed by atoms with Gasteiger partial charge in [-0.15, -0.1) is 0 Å². The SMILES string of the molecule is CCC[Si](CCC)(C1CCCCC1)C1CCCCC1. The molecule has 0 N–H and O–H groups in total. The van der Waals surface area contributed by atoms with E-state index in [0.29, 0.717) is 0 Å². The van der Waals surface area contributed by atoms with Crippen molar-refractivity contribution in [1.29, 1.82) is 0 Å². The highest BCUT2D eigenvalue weighted by molar-refractivity contribution is 6.82. The lowest BCUT2D eigenvalue weighted by Crippen LogP contribution is -2.46. The summed E-state index contributed by atoms with van der Waals surface area (Å²) in [5.41, 5.74) is 2.42. The normalized spacial score (nSPS) is 23.7. The first kappa shape index (κ1) is 15.6. The molecule has 2 saturated carbocycles. The van der Waals surface area contributed by atoms with Crippen LogP contribution in [0.1, 0.15) is 90.9 Å². The summed E-state index contributed by atoms with van der Waals surface area (Å²) < 4.78 is 0. The molecule has 2 aliphatic rings. The topological polar surface area (TPSA) is 0 Å². The van der Waals surface area contributed by atoms with Crippen LogP contribution in [0, 0.1) is 0 Å². The molecule has 0 heterocycles. The minimum absolute atomic E-state index is 0.994. The largest absolute Gasteiger partial charge is 0.0656 e. The second kappa shape index (κ2) is 7.86. The molecule has 0 unspecified atom stereocenters. The minimum Gasteiger partial charge on any atom is -0.0656 e. The number of hydrogen-bond donors (Lipinski definition) is 0. The van der Waals surface area contributed by atoms with E-state index < -0.39 is 8.07 Å². The van der Waals surface area contributed by atoms with Gasteiger partial charge in [-0.05, 0) is 11.1 Å². The van der Waals surface area contributed by atoms with Gasteiger partial charge >= 0.3 is 0 Å². The molecule has 0 nitrogen and oxygen atoms in total. The summed E-state index contributed by atoms with van der Waals surface area (Å²) in [5, 5.41) is 0. The molecule has 0 saturated heterocycles. The molecular formula is C18H36Si. The summed E-state index contributed by atoms with van der Waals surface area (Å²) in [6, 6.07) is 3.33. The van der Waals surface area contributed by atoms with Crippen LogP contribution in [0.4, 0.5) is 0 Å². The van der Waals surface area contributed by atoms with E-state index in [1.807, 2.05) is 0 Å². The van der Waals surface area contributed by atoms with Gasteiger partial charge in [-0.3, -0.25) is 0 Å². The maximum absolute atomic E-state index is 2.46. The van der Waals surface area contributed by atoms with E-state index in [9.17, 15) is 0 Å². The van der Waals surface area contributed by atoms with Crippen LogP contribution in [0.25, 0.3) is 0 Å². The fourth-order valence-electron chi connectivity index (χ4n) is 5.56. The highest BCUT2D eigenvalue weighted by Gasteiger charge is 2.45. The van der Waals surface area contributed by atoms with E-state index in [0.717, 1.165) is 0 Å². The van der Waals surface area contributed by atoms with E-state index in [1.165, 1.54) is 36.8 Å². The second-order valence-corrected chi connectivity index (χ2v) is 12.5. The zero-order valence-corrected chi connectivity index (χ0v) is 14.6. The van der Waals surface area contributed by atoms with Gasteiger partial charge in [0.1, 0.15) is 0 Å². The molecule has 0 aromatic rings. The molecule has 0 aliphatic heterocycles. The number of rotatable bonds is 6. The molecule has 0 aromatic heterocycles. The predicted octanol–water partition coefficient (Wildman–Crippen LogP) is 6.92. The molecule has 1 heteroatoms. The van der Waals surface area contributed by atoms with Gasteiger partial charge in [0.25, 0.3) is 0 Å². The monoisotopic (exact) mass is 280 g/mol. The smallest absolute Gasteiger partial charge is 0.0597 e. The molecule has 2 rings (SSSR count). The van der Waals surface area contributed by atoms with Gasteiger partial charge in [-0.2, -0.15) is 0 Å². The van der Waals surface area contributed by atoms with Crippen molar-refractivity contribution in [3.63, 3.8) is 0 Å². The fraction of sp³-hybridized carbons (Fsp3) is 1.00. The first-order valence-electron chi connectivity index (χ1n) is 9.33. The molecule has 0 bridgehead atoms. The Labute approximate surface area is 122 Å². The van der Waals surface area contributed by atoms with E-state index >= 15 is 0 Å². The Morgan fingerprint density at radius 3 is 1.32 bits per heavy atom. The van der Waals surface area contributed by atoms with Gasteiger partial charge in [0.15, 0.2) is 0 Å². The van der Waals surface area contributed by atoms with E-state index in [4.69, 9.17) is 0 Å². The lowest BCUT2D eigenvalue weighted by Gasteiger charge is -2.48. The molecule has 0 spiro atoms. The average Bonchev–Trinajstić information content (AvgIpc) is 2.49. The zero-order valence-electron chi connectivity index (χ0n) is 13.6. The summed E-state index contributed by atoms with van der Waals surface area (Å²) in [5.74, 6) is 0. The molecular weight excluding hydrogens is 244 g/mol. The first-order chi connectivity index (χ1) is 9.33. The lowest BCUT2D eigenvalue weighted by atomic mass is 9.99. The maximum atomic E-state index is 2.46. The van der Waals surface area contributed by atoms with Crippen molar-refractivity contribution in [2.45, 2.75) is 114 Å². The van der Waals surface area contributed by atoms with Crippen LogP contribution >= 0.6 is 0 Å². The van der Waals surface area contributed by atoms with Crippen LogP contribution in [-0.2, 0) is 0 Å². The van der Waals surface area contributed by atoms with Crippen LogP contribution < -0.4 is 0 Å². The fourth-order valence-corrected chi connectivity index (χ4v) is 13.1. The van der Waals surface area contributed by atoms with Gasteiger partial charge in [0.05, 0.1) is 8.07 Å². The molecule has 0 amide bonds. The van der Waals surface area contributed by atoms with Crippen molar-refractivity contribution < 1.29 is 0 Å². The third kappa shape index (κ3) is 3.65. The third-order valence-electron chi connectivity index (χ3n) is 6.27. The van der Waals surface area contributed by atoms with E-state index in [2.05, 4.69) is 13.8 Å². The Bertz CT molecular complexity index is 210. The summed E-state index contributed by atoms with van der Waals surface area (Å²) in [4.78, 5) is 0. The third-order valence-corrected chi connectivity index (χ3v) is 13.5. The van der Waals surface area contributed by atoms with E-state index in [1.54, 1.807) is 63.5 Å². The van der Waals surface area contributed by atoms with Gasteiger partial charge in [0, 0.05) is 0 Å². The molecule has 0 aromatic carbocycles. The van der Waals surface area contributed by atoms with Gasteiger partial charge < -0.3 is 0 Å². The van der Waals surface area contributed by atoms with Crippen molar-refractivity contribution in [3.05, 3.63) is 0 Å². The molecule has 2 aliphatic carbocycles. The highest BCUT2D eigenvalue weighted by Crippen LogP contribution is 2.52. The van der Waals surface area contributed by atoms with Gasteiger partial charge in [-0.25, -0.2) is 0 Å². The van der Waals surface area contributed by atoms with Crippen molar-refractivity contribution >= 4 is 8.07 Å². The second-order valence-electron chi connectivity index (χ2n) is 7.40. The Hall–Kier alpha value is 0.217. The first-order valence-corrected chi connectivity index (χ1v) is 11.9. The molecule has 112 valence electrons. The Morgan fingerprint density at radius 2 is 1.00 bits per heavy atom. The van der Waals surface area contributed by atoms with Crippen molar-refractivity contribution in [2.24, 2.45) is 0 Å². The van der Waals surface area contributed by atoms with Gasteiger partial charge in [0.2, 0.25) is 0 Å². The van der Waals surface area contributed by atoms with Crippen LogP contribution in [0.2, 0.25) is 23.2 Å². The van der Waals surface area contributed by atoms with Crippen molar-refractivity contribution in [1.82, 2.24) is 0 Å². The Morgan fingerprint density at radius 1 is 0.632 bits per heavy atom. The predicted molar refractivity (Wildman–Crippen MR) is 89.6 cm³/mol. The van der Waals surface area contributed by atoms with Crippen molar-refractivity contribution in [3.8, 4) is 0 Å². The molecule has 0 atom stereocenters. The van der Waals surface area contributed by atoms with Crippen LogP contribution in [0.3, 0.4) is 0 Å².